The summed E-state index contributed by atoms with van der Waals surface area (Å²) in [4.78, 5) is 2.05. The van der Waals surface area contributed by atoms with E-state index in [0.717, 1.165) is 11.5 Å². The molecule has 7 nitrogen and oxygen atoms in total. The van der Waals surface area contributed by atoms with Crippen molar-refractivity contribution in [3.63, 3.8) is 0 Å². The minimum Gasteiger partial charge on any atom is -0.492 e. The molecule has 1 aromatic carbocycles. The number of ether oxygens (including phenoxy) is 1. The van der Waals surface area contributed by atoms with Crippen LogP contribution in [0.2, 0.25) is 0 Å². The maximum absolute atomic E-state index is 12.5. The lowest BCUT2D eigenvalue weighted by atomic mass is 10.3. The Hall–Kier alpha value is -2.19. The van der Waals surface area contributed by atoms with Crippen LogP contribution in [0, 0.1) is 6.92 Å². The fourth-order valence-electron chi connectivity index (χ4n) is 2.67. The van der Waals surface area contributed by atoms with Gasteiger partial charge in [0.15, 0.2) is 5.82 Å². The van der Waals surface area contributed by atoms with E-state index < -0.39 is 10.0 Å². The van der Waals surface area contributed by atoms with Crippen LogP contribution in [0.4, 0.5) is 5.82 Å². The largest absolute Gasteiger partial charge is 0.492 e. The fourth-order valence-corrected chi connectivity index (χ4v) is 3.94. The SMILES string of the molecule is Cc1ccc(N2CCN(S(=O)(=O)CCOc3ccccc3)CC2)nn1. The first-order chi connectivity index (χ1) is 12.0. The van der Waals surface area contributed by atoms with Crippen molar-refractivity contribution in [1.29, 1.82) is 0 Å². The minimum atomic E-state index is -3.32. The zero-order valence-corrected chi connectivity index (χ0v) is 15.0. The standard InChI is InChI=1S/C17H22N4O3S/c1-15-7-8-17(19-18-15)20-9-11-21(12-10-20)25(22,23)14-13-24-16-5-3-2-4-6-16/h2-8H,9-14H2,1H3. The number of anilines is 1. The molecule has 0 N–H and O–H groups in total. The number of para-hydroxylation sites is 1. The second-order valence-electron chi connectivity index (χ2n) is 5.90. The van der Waals surface area contributed by atoms with Gasteiger partial charge >= 0.3 is 0 Å². The highest BCUT2D eigenvalue weighted by molar-refractivity contribution is 7.89. The van der Waals surface area contributed by atoms with Crippen molar-refractivity contribution in [1.82, 2.24) is 14.5 Å². The van der Waals surface area contributed by atoms with Crippen molar-refractivity contribution >= 4 is 15.8 Å². The number of piperazine rings is 1. The Bertz CT molecular complexity index is 773. The Labute approximate surface area is 148 Å². The molecule has 3 rings (SSSR count). The van der Waals surface area contributed by atoms with Gasteiger partial charge in [0.2, 0.25) is 10.0 Å². The fraction of sp³-hybridized carbons (Fsp3) is 0.412. The second-order valence-corrected chi connectivity index (χ2v) is 7.99. The number of aryl methyl sites for hydroxylation is 1. The molecule has 0 saturated carbocycles. The summed E-state index contributed by atoms with van der Waals surface area (Å²) in [7, 11) is -3.32. The molecule has 0 spiro atoms. The van der Waals surface area contributed by atoms with Crippen molar-refractivity contribution in [2.45, 2.75) is 6.92 Å². The normalized spacial score (nSPS) is 16.0. The molecule has 134 valence electrons. The third-order valence-electron chi connectivity index (χ3n) is 4.09. The molecule has 1 aromatic heterocycles. The van der Waals surface area contributed by atoms with Crippen molar-refractivity contribution in [3.05, 3.63) is 48.2 Å². The number of benzene rings is 1. The van der Waals surface area contributed by atoms with E-state index in [1.807, 2.05) is 49.4 Å². The van der Waals surface area contributed by atoms with Crippen LogP contribution >= 0.6 is 0 Å². The van der Waals surface area contributed by atoms with Gasteiger partial charge in [-0.1, -0.05) is 18.2 Å². The molecule has 0 amide bonds. The minimum absolute atomic E-state index is 0.0216. The summed E-state index contributed by atoms with van der Waals surface area (Å²) in [5.74, 6) is 1.45. The van der Waals surface area contributed by atoms with Crippen molar-refractivity contribution in [2.75, 3.05) is 43.4 Å². The van der Waals surface area contributed by atoms with E-state index in [4.69, 9.17) is 4.74 Å². The lowest BCUT2D eigenvalue weighted by molar-refractivity contribution is 0.331. The molecule has 1 saturated heterocycles. The maximum Gasteiger partial charge on any atom is 0.217 e. The predicted octanol–water partition coefficient (Wildman–Crippen LogP) is 1.32. The summed E-state index contributed by atoms with van der Waals surface area (Å²) in [6.45, 7) is 4.15. The van der Waals surface area contributed by atoms with Gasteiger partial charge in [0.25, 0.3) is 0 Å². The van der Waals surface area contributed by atoms with Crippen LogP contribution in [0.1, 0.15) is 5.69 Å². The molecule has 2 aromatic rings. The highest BCUT2D eigenvalue weighted by Gasteiger charge is 2.27. The average molecular weight is 362 g/mol. The first-order valence-electron chi connectivity index (χ1n) is 8.25. The Morgan fingerprint density at radius 3 is 2.36 bits per heavy atom. The van der Waals surface area contributed by atoms with Gasteiger partial charge in [-0.25, -0.2) is 8.42 Å². The number of hydrogen-bond acceptors (Lipinski definition) is 6. The highest BCUT2D eigenvalue weighted by atomic mass is 32.2. The summed E-state index contributed by atoms with van der Waals surface area (Å²) in [6.07, 6.45) is 0. The van der Waals surface area contributed by atoms with Crippen LogP contribution in [0.25, 0.3) is 0 Å². The van der Waals surface area contributed by atoms with Gasteiger partial charge in [-0.05, 0) is 31.2 Å². The Morgan fingerprint density at radius 1 is 1.00 bits per heavy atom. The summed E-state index contributed by atoms with van der Waals surface area (Å²) >= 11 is 0. The first kappa shape index (κ1) is 17.6. The number of aromatic nitrogens is 2. The summed E-state index contributed by atoms with van der Waals surface area (Å²) in [6, 6.07) is 13.1. The molecule has 0 unspecified atom stereocenters. The van der Waals surface area contributed by atoms with Gasteiger partial charge in [-0.3, -0.25) is 0 Å². The molecule has 1 fully saturated rings. The topological polar surface area (TPSA) is 75.6 Å². The Balaban J connectivity index is 1.50. The Kier molecular flexibility index (Phi) is 5.50. The quantitative estimate of drug-likeness (QED) is 0.771. The van der Waals surface area contributed by atoms with Gasteiger partial charge in [-0.15, -0.1) is 5.10 Å². The van der Waals surface area contributed by atoms with Gasteiger partial charge in [-0.2, -0.15) is 9.40 Å². The second kappa shape index (κ2) is 7.79. The van der Waals surface area contributed by atoms with Crippen LogP contribution < -0.4 is 9.64 Å². The Morgan fingerprint density at radius 2 is 1.72 bits per heavy atom. The molecule has 0 radical (unpaired) electrons. The zero-order chi connectivity index (χ0) is 17.7. The molecule has 1 aliphatic rings. The van der Waals surface area contributed by atoms with Gasteiger partial charge in [0.05, 0.1) is 11.4 Å². The summed E-state index contributed by atoms with van der Waals surface area (Å²) in [5, 5.41) is 8.21. The van der Waals surface area contributed by atoms with Crippen LogP contribution in [-0.4, -0.2) is 61.5 Å². The van der Waals surface area contributed by atoms with Crippen molar-refractivity contribution in [2.24, 2.45) is 0 Å². The van der Waals surface area contributed by atoms with Crippen LogP contribution in [0.5, 0.6) is 5.75 Å². The van der Waals surface area contributed by atoms with E-state index in [-0.39, 0.29) is 12.4 Å². The third kappa shape index (κ3) is 4.67. The van der Waals surface area contributed by atoms with Crippen LogP contribution in [0.15, 0.2) is 42.5 Å². The van der Waals surface area contributed by atoms with Gasteiger partial charge < -0.3 is 9.64 Å². The average Bonchev–Trinajstić information content (AvgIpc) is 2.63. The van der Waals surface area contributed by atoms with E-state index in [1.54, 1.807) is 0 Å². The van der Waals surface area contributed by atoms with Crippen LogP contribution in [-0.2, 0) is 10.0 Å². The van der Waals surface area contributed by atoms with Crippen molar-refractivity contribution in [3.8, 4) is 5.75 Å². The molecular formula is C17H22N4O3S. The molecule has 2 heterocycles. The smallest absolute Gasteiger partial charge is 0.217 e. The zero-order valence-electron chi connectivity index (χ0n) is 14.2. The monoisotopic (exact) mass is 362 g/mol. The van der Waals surface area contributed by atoms with Gasteiger partial charge in [0.1, 0.15) is 12.4 Å². The number of nitrogens with zero attached hydrogens (tertiary/aromatic N) is 4. The molecule has 1 aliphatic heterocycles. The molecule has 0 atom stereocenters. The first-order valence-corrected chi connectivity index (χ1v) is 9.86. The van der Waals surface area contributed by atoms with E-state index in [9.17, 15) is 8.42 Å². The number of sulfonamides is 1. The molecule has 0 aliphatic carbocycles. The third-order valence-corrected chi connectivity index (χ3v) is 5.93. The summed E-state index contributed by atoms with van der Waals surface area (Å²) < 4.78 is 32.0. The number of rotatable bonds is 6. The van der Waals surface area contributed by atoms with Crippen LogP contribution in [0.3, 0.4) is 0 Å². The number of hydrogen-bond donors (Lipinski definition) is 0. The lowest BCUT2D eigenvalue weighted by Crippen LogP contribution is -2.50. The van der Waals surface area contributed by atoms with E-state index in [0.29, 0.717) is 31.9 Å². The molecule has 25 heavy (non-hydrogen) atoms. The molecule has 8 heteroatoms. The van der Waals surface area contributed by atoms with E-state index >= 15 is 0 Å². The van der Waals surface area contributed by atoms with E-state index in [2.05, 4.69) is 15.1 Å². The van der Waals surface area contributed by atoms with E-state index in [1.165, 1.54) is 4.31 Å². The molecular weight excluding hydrogens is 340 g/mol. The van der Waals surface area contributed by atoms with Crippen molar-refractivity contribution < 1.29 is 13.2 Å². The lowest BCUT2D eigenvalue weighted by Gasteiger charge is -2.34. The molecule has 0 bridgehead atoms. The predicted molar refractivity (Wildman–Crippen MR) is 96.3 cm³/mol. The maximum atomic E-state index is 12.5. The van der Waals surface area contributed by atoms with Gasteiger partial charge in [0, 0.05) is 26.2 Å². The highest BCUT2D eigenvalue weighted by Crippen LogP contribution is 2.15. The summed E-state index contributed by atoms with van der Waals surface area (Å²) in [5.41, 5.74) is 0.864.